The van der Waals surface area contributed by atoms with E-state index < -0.39 is 16.0 Å². The Hall–Kier alpha value is -1.44. The van der Waals surface area contributed by atoms with E-state index >= 15 is 0 Å². The molecule has 1 aromatic carbocycles. The third-order valence-corrected chi connectivity index (χ3v) is 6.88. The summed E-state index contributed by atoms with van der Waals surface area (Å²) in [6.07, 6.45) is 2.91. The number of carboxylic acid groups (broad SMARTS) is 1. The van der Waals surface area contributed by atoms with Gasteiger partial charge in [-0.05, 0) is 43.4 Å². The fourth-order valence-corrected chi connectivity index (χ4v) is 4.94. The molecule has 7 heteroatoms. The summed E-state index contributed by atoms with van der Waals surface area (Å²) in [5.74, 6) is -0.740. The molecule has 1 saturated heterocycles. The lowest BCUT2D eigenvalue weighted by molar-refractivity contribution is -0.138. The largest absolute Gasteiger partial charge is 0.481 e. The van der Waals surface area contributed by atoms with Crippen LogP contribution in [0.3, 0.4) is 0 Å². The number of sulfonamides is 1. The maximum Gasteiger partial charge on any atom is 0.303 e. The number of nitrogens with zero attached hydrogens (tertiary/aromatic N) is 2. The quantitative estimate of drug-likeness (QED) is 0.842. The Morgan fingerprint density at radius 1 is 1.08 bits per heavy atom. The Labute approximate surface area is 143 Å². The van der Waals surface area contributed by atoms with Crippen molar-refractivity contribution in [1.82, 2.24) is 9.21 Å². The summed E-state index contributed by atoms with van der Waals surface area (Å²) in [6, 6.07) is 8.54. The number of carbonyl (C=O) groups is 1. The summed E-state index contributed by atoms with van der Waals surface area (Å²) in [5, 5.41) is 9.04. The lowest BCUT2D eigenvalue weighted by Crippen LogP contribution is -2.37. The summed E-state index contributed by atoms with van der Waals surface area (Å²) in [6.45, 7) is 3.22. The van der Waals surface area contributed by atoms with Crippen molar-refractivity contribution in [3.05, 3.63) is 30.3 Å². The van der Waals surface area contributed by atoms with Crippen LogP contribution in [0, 0.1) is 5.41 Å². The molecule has 0 atom stereocenters. The van der Waals surface area contributed by atoms with Gasteiger partial charge in [-0.15, -0.1) is 0 Å². The highest BCUT2D eigenvalue weighted by atomic mass is 32.2. The molecule has 0 unspecified atom stereocenters. The minimum Gasteiger partial charge on any atom is -0.481 e. The molecule has 132 valence electrons. The second kappa shape index (κ2) is 6.82. The number of hydrogen-bond donors (Lipinski definition) is 1. The molecule has 0 radical (unpaired) electrons. The van der Waals surface area contributed by atoms with Gasteiger partial charge in [-0.1, -0.05) is 18.2 Å². The van der Waals surface area contributed by atoms with Gasteiger partial charge in [-0.25, -0.2) is 8.42 Å². The molecule has 24 heavy (non-hydrogen) atoms. The van der Waals surface area contributed by atoms with Gasteiger partial charge in [0.25, 0.3) is 0 Å². The smallest absolute Gasteiger partial charge is 0.303 e. The van der Waals surface area contributed by atoms with Crippen LogP contribution in [0.4, 0.5) is 0 Å². The van der Waals surface area contributed by atoms with E-state index in [1.54, 1.807) is 34.6 Å². The van der Waals surface area contributed by atoms with E-state index in [9.17, 15) is 13.2 Å². The first-order chi connectivity index (χ1) is 11.4. The summed E-state index contributed by atoms with van der Waals surface area (Å²) >= 11 is 0. The summed E-state index contributed by atoms with van der Waals surface area (Å²) in [5.41, 5.74) is -0.0840. The number of aliphatic carboxylic acids is 1. The van der Waals surface area contributed by atoms with Crippen molar-refractivity contribution >= 4 is 16.0 Å². The molecule has 2 aliphatic rings. The van der Waals surface area contributed by atoms with Gasteiger partial charge in [0, 0.05) is 26.2 Å². The lowest BCUT2D eigenvalue weighted by Gasteiger charge is -2.25. The second-order valence-electron chi connectivity index (χ2n) is 6.92. The molecule has 0 aromatic heterocycles. The Morgan fingerprint density at radius 3 is 2.42 bits per heavy atom. The van der Waals surface area contributed by atoms with Crippen LogP contribution in [0.25, 0.3) is 0 Å². The molecule has 1 saturated carbocycles. The summed E-state index contributed by atoms with van der Waals surface area (Å²) in [4.78, 5) is 13.6. The Morgan fingerprint density at radius 2 is 1.79 bits per heavy atom. The highest BCUT2D eigenvalue weighted by Gasteiger charge is 2.45. The fourth-order valence-electron chi connectivity index (χ4n) is 3.45. The molecule has 0 amide bonds. The molecule has 1 N–H and O–H groups in total. The number of rotatable bonds is 6. The van der Waals surface area contributed by atoms with E-state index in [4.69, 9.17) is 5.11 Å². The third kappa shape index (κ3) is 3.96. The van der Waals surface area contributed by atoms with Crippen LogP contribution in [-0.2, 0) is 14.8 Å². The maximum atomic E-state index is 12.7. The Bertz CT molecular complexity index is 686. The predicted molar refractivity (Wildman–Crippen MR) is 90.2 cm³/mol. The van der Waals surface area contributed by atoms with Gasteiger partial charge in [0.05, 0.1) is 11.3 Å². The molecule has 0 bridgehead atoms. The molecule has 3 rings (SSSR count). The van der Waals surface area contributed by atoms with Crippen LogP contribution in [0.15, 0.2) is 35.2 Å². The molecule has 1 aliphatic carbocycles. The maximum absolute atomic E-state index is 12.7. The zero-order chi connectivity index (χ0) is 17.2. The first kappa shape index (κ1) is 17.4. The van der Waals surface area contributed by atoms with Gasteiger partial charge < -0.3 is 10.0 Å². The molecular weight excluding hydrogens is 328 g/mol. The van der Waals surface area contributed by atoms with Crippen molar-refractivity contribution in [3.8, 4) is 0 Å². The van der Waals surface area contributed by atoms with E-state index in [-0.39, 0.29) is 11.8 Å². The lowest BCUT2D eigenvalue weighted by atomic mass is 10.0. The van der Waals surface area contributed by atoms with Crippen molar-refractivity contribution in [2.45, 2.75) is 30.6 Å². The van der Waals surface area contributed by atoms with Crippen molar-refractivity contribution in [2.24, 2.45) is 5.41 Å². The fraction of sp³-hybridized carbons (Fsp3) is 0.588. The molecule has 1 aliphatic heterocycles. The van der Waals surface area contributed by atoms with E-state index in [0.717, 1.165) is 32.4 Å². The van der Waals surface area contributed by atoms with Crippen molar-refractivity contribution in [3.63, 3.8) is 0 Å². The number of carboxylic acids is 1. The molecule has 6 nitrogen and oxygen atoms in total. The van der Waals surface area contributed by atoms with Crippen LogP contribution in [0.2, 0.25) is 0 Å². The van der Waals surface area contributed by atoms with Crippen molar-refractivity contribution in [1.29, 1.82) is 0 Å². The number of hydrogen-bond acceptors (Lipinski definition) is 4. The standard InChI is InChI=1S/C17H24N2O4S/c20-16(21)13-17(7-8-17)14-18-9-4-10-19(12-11-18)24(22,23)15-5-2-1-3-6-15/h1-3,5-6H,4,7-14H2,(H,20,21). The topological polar surface area (TPSA) is 77.9 Å². The SMILES string of the molecule is O=C(O)CC1(CN2CCCN(S(=O)(=O)c3ccccc3)CC2)CC1. The Kier molecular flexibility index (Phi) is 4.94. The highest BCUT2D eigenvalue weighted by molar-refractivity contribution is 7.89. The van der Waals surface area contributed by atoms with Gasteiger partial charge >= 0.3 is 5.97 Å². The van der Waals surface area contributed by atoms with Crippen molar-refractivity contribution < 1.29 is 18.3 Å². The normalized spacial score (nSPS) is 22.0. The zero-order valence-corrected chi connectivity index (χ0v) is 14.5. The molecule has 0 spiro atoms. The first-order valence-corrected chi connectivity index (χ1v) is 9.85. The monoisotopic (exact) mass is 352 g/mol. The van der Waals surface area contributed by atoms with Crippen LogP contribution >= 0.6 is 0 Å². The second-order valence-corrected chi connectivity index (χ2v) is 8.86. The van der Waals surface area contributed by atoms with Crippen LogP contribution in [0.5, 0.6) is 0 Å². The van der Waals surface area contributed by atoms with E-state index in [0.29, 0.717) is 24.5 Å². The average Bonchev–Trinajstić information content (AvgIpc) is 3.32. The molecular formula is C17H24N2O4S. The molecule has 1 heterocycles. The first-order valence-electron chi connectivity index (χ1n) is 8.41. The van der Waals surface area contributed by atoms with Gasteiger partial charge in [-0.2, -0.15) is 4.31 Å². The van der Waals surface area contributed by atoms with Gasteiger partial charge in [0.1, 0.15) is 0 Å². The van der Waals surface area contributed by atoms with E-state index in [2.05, 4.69) is 4.90 Å². The van der Waals surface area contributed by atoms with Crippen LogP contribution < -0.4 is 0 Å². The highest BCUT2D eigenvalue weighted by Crippen LogP contribution is 2.49. The van der Waals surface area contributed by atoms with Crippen LogP contribution in [0.1, 0.15) is 25.7 Å². The number of benzene rings is 1. The van der Waals surface area contributed by atoms with Gasteiger partial charge in [-0.3, -0.25) is 4.79 Å². The Balaban J connectivity index is 1.62. The summed E-state index contributed by atoms with van der Waals surface area (Å²) < 4.78 is 27.0. The van der Waals surface area contributed by atoms with E-state index in [1.807, 2.05) is 0 Å². The predicted octanol–water partition coefficient (Wildman–Crippen LogP) is 1.64. The van der Waals surface area contributed by atoms with Gasteiger partial charge in [0.2, 0.25) is 10.0 Å². The van der Waals surface area contributed by atoms with Crippen LogP contribution in [-0.4, -0.2) is 61.4 Å². The molecule has 1 aromatic rings. The third-order valence-electron chi connectivity index (χ3n) is 4.97. The summed E-state index contributed by atoms with van der Waals surface area (Å²) in [7, 11) is -3.44. The average molecular weight is 352 g/mol. The molecule has 2 fully saturated rings. The zero-order valence-electron chi connectivity index (χ0n) is 13.7. The minimum absolute atomic E-state index is 0.0840. The van der Waals surface area contributed by atoms with E-state index in [1.165, 1.54) is 0 Å². The minimum atomic E-state index is -3.44. The van der Waals surface area contributed by atoms with Gasteiger partial charge in [0.15, 0.2) is 0 Å². The van der Waals surface area contributed by atoms with Crippen molar-refractivity contribution in [2.75, 3.05) is 32.7 Å².